The Morgan fingerprint density at radius 2 is 1.74 bits per heavy atom. The summed E-state index contributed by atoms with van der Waals surface area (Å²) in [5.74, 6) is -2.84. The molecule has 1 aliphatic carbocycles. The topological polar surface area (TPSA) is 81.5 Å². The Morgan fingerprint density at radius 1 is 1.21 bits per heavy atom. The number of guanidine groups is 1. The van der Waals surface area contributed by atoms with Gasteiger partial charge in [0.1, 0.15) is 11.6 Å². The van der Waals surface area contributed by atoms with E-state index in [0.29, 0.717) is 5.56 Å². The molecular weight excluding hydrogens is 252 g/mol. The van der Waals surface area contributed by atoms with Gasteiger partial charge in [0, 0.05) is 12.0 Å². The van der Waals surface area contributed by atoms with Crippen molar-refractivity contribution in [2.75, 3.05) is 0 Å². The number of benzene rings is 1. The smallest absolute Gasteiger partial charge is 0.253 e. The highest BCUT2D eigenvalue weighted by Crippen LogP contribution is 2.64. The first-order valence-corrected chi connectivity index (χ1v) is 5.83. The quantitative estimate of drug-likeness (QED) is 0.629. The van der Waals surface area contributed by atoms with Crippen molar-refractivity contribution < 1.29 is 13.6 Å². The molecule has 1 fully saturated rings. The Bertz CT molecular complexity index is 545. The van der Waals surface area contributed by atoms with Gasteiger partial charge in [-0.1, -0.05) is 13.8 Å². The van der Waals surface area contributed by atoms with Crippen LogP contribution in [0.5, 0.6) is 0 Å². The van der Waals surface area contributed by atoms with Crippen LogP contribution in [0.4, 0.5) is 8.78 Å². The number of aliphatic imine (C=N–C) groups is 1. The maximum Gasteiger partial charge on any atom is 0.253 e. The minimum absolute atomic E-state index is 0.284. The van der Waals surface area contributed by atoms with Gasteiger partial charge in [-0.15, -0.1) is 0 Å². The highest BCUT2D eigenvalue weighted by molar-refractivity contribution is 5.95. The molecule has 1 aliphatic rings. The zero-order valence-electron chi connectivity index (χ0n) is 10.7. The van der Waals surface area contributed by atoms with Gasteiger partial charge in [0.25, 0.3) is 5.91 Å². The summed E-state index contributed by atoms with van der Waals surface area (Å²) in [5.41, 5.74) is 10.4. The van der Waals surface area contributed by atoms with E-state index >= 15 is 0 Å². The Morgan fingerprint density at radius 3 is 2.21 bits per heavy atom. The third-order valence-corrected chi connectivity index (χ3v) is 3.58. The first-order valence-electron chi connectivity index (χ1n) is 5.83. The van der Waals surface area contributed by atoms with E-state index in [1.165, 1.54) is 12.1 Å². The summed E-state index contributed by atoms with van der Waals surface area (Å²) in [6.45, 7) is 3.68. The molecule has 6 heteroatoms. The van der Waals surface area contributed by atoms with Crippen LogP contribution in [0, 0.1) is 23.0 Å². The molecule has 2 unspecified atom stereocenters. The van der Waals surface area contributed by atoms with Gasteiger partial charge >= 0.3 is 0 Å². The number of halogens is 2. The van der Waals surface area contributed by atoms with Gasteiger partial charge in [-0.25, -0.2) is 8.78 Å². The number of nitrogens with zero attached hydrogens (tertiary/aromatic N) is 1. The third-order valence-electron chi connectivity index (χ3n) is 3.58. The monoisotopic (exact) mass is 267 g/mol. The number of carbonyl (C=O) groups excluding carboxylic acids is 1. The van der Waals surface area contributed by atoms with Crippen LogP contribution in [0.25, 0.3) is 0 Å². The molecule has 1 aromatic rings. The zero-order valence-corrected chi connectivity index (χ0v) is 10.7. The van der Waals surface area contributed by atoms with E-state index in [0.717, 1.165) is 6.07 Å². The molecule has 2 rings (SSSR count). The Kier molecular flexibility index (Phi) is 3.04. The van der Waals surface area contributed by atoms with Crippen LogP contribution in [-0.2, 0) is 4.79 Å². The maximum absolute atomic E-state index is 13.2. The molecule has 102 valence electrons. The summed E-state index contributed by atoms with van der Waals surface area (Å²) < 4.78 is 26.4. The third kappa shape index (κ3) is 2.43. The summed E-state index contributed by atoms with van der Waals surface area (Å²) in [7, 11) is 0. The standard InChI is InChI=1S/C13H15F2N3O/c1-13(2)9(10(13)11(19)18-12(16)17)6-3-7(14)5-8(15)4-6/h3-5,9-10H,1-2H3,(H4,16,17,18,19). The number of hydrogen-bond acceptors (Lipinski definition) is 1. The van der Waals surface area contributed by atoms with Gasteiger partial charge in [0.2, 0.25) is 0 Å². The molecule has 0 aromatic heterocycles. The normalized spacial score (nSPS) is 23.8. The van der Waals surface area contributed by atoms with Gasteiger partial charge in [0.15, 0.2) is 5.96 Å². The van der Waals surface area contributed by atoms with Crippen molar-refractivity contribution in [3.05, 3.63) is 35.4 Å². The van der Waals surface area contributed by atoms with Crippen molar-refractivity contribution in [1.82, 2.24) is 0 Å². The van der Waals surface area contributed by atoms with Crippen molar-refractivity contribution >= 4 is 11.9 Å². The van der Waals surface area contributed by atoms with Gasteiger partial charge in [0.05, 0.1) is 5.92 Å². The van der Waals surface area contributed by atoms with Crippen LogP contribution < -0.4 is 11.5 Å². The molecule has 2 atom stereocenters. The zero-order chi connectivity index (χ0) is 14.4. The summed E-state index contributed by atoms with van der Waals surface area (Å²) in [5, 5.41) is 0. The van der Waals surface area contributed by atoms with Gasteiger partial charge in [-0.2, -0.15) is 4.99 Å². The largest absolute Gasteiger partial charge is 0.370 e. The van der Waals surface area contributed by atoms with Crippen molar-refractivity contribution in [3.8, 4) is 0 Å². The highest BCUT2D eigenvalue weighted by atomic mass is 19.1. The lowest BCUT2D eigenvalue weighted by Crippen LogP contribution is -2.25. The molecule has 4 nitrogen and oxygen atoms in total. The van der Waals surface area contributed by atoms with Crippen molar-refractivity contribution in [2.45, 2.75) is 19.8 Å². The van der Waals surface area contributed by atoms with E-state index in [9.17, 15) is 13.6 Å². The van der Waals surface area contributed by atoms with E-state index in [2.05, 4.69) is 4.99 Å². The van der Waals surface area contributed by atoms with Gasteiger partial charge in [-0.05, 0) is 23.1 Å². The summed E-state index contributed by atoms with van der Waals surface area (Å²) in [6, 6.07) is 3.27. The lowest BCUT2D eigenvalue weighted by Gasteiger charge is -2.03. The SMILES string of the molecule is CC1(C)C(C(=O)N=C(N)N)C1c1cc(F)cc(F)c1. The lowest BCUT2D eigenvalue weighted by molar-refractivity contribution is -0.119. The van der Waals surface area contributed by atoms with Crippen LogP contribution in [0.2, 0.25) is 0 Å². The fourth-order valence-corrected chi connectivity index (χ4v) is 2.67. The van der Waals surface area contributed by atoms with E-state index in [1.54, 1.807) is 0 Å². The molecule has 0 aliphatic heterocycles. The molecule has 19 heavy (non-hydrogen) atoms. The molecule has 1 aromatic carbocycles. The maximum atomic E-state index is 13.2. The predicted octanol–water partition coefficient (Wildman–Crippen LogP) is 1.50. The number of carbonyl (C=O) groups is 1. The number of rotatable bonds is 2. The Balaban J connectivity index is 2.31. The van der Waals surface area contributed by atoms with Crippen LogP contribution >= 0.6 is 0 Å². The van der Waals surface area contributed by atoms with Gasteiger partial charge < -0.3 is 11.5 Å². The molecular formula is C13H15F2N3O. The predicted molar refractivity (Wildman–Crippen MR) is 67.2 cm³/mol. The molecule has 0 spiro atoms. The Hall–Kier alpha value is -1.98. The van der Waals surface area contributed by atoms with E-state index in [4.69, 9.17) is 11.5 Å². The Labute approximate surface area is 109 Å². The van der Waals surface area contributed by atoms with Crippen LogP contribution in [0.3, 0.4) is 0 Å². The van der Waals surface area contributed by atoms with Crippen LogP contribution in [0.15, 0.2) is 23.2 Å². The molecule has 0 heterocycles. The van der Waals surface area contributed by atoms with E-state index in [-0.39, 0.29) is 11.9 Å². The highest BCUT2D eigenvalue weighted by Gasteiger charge is 2.62. The second-order valence-corrected chi connectivity index (χ2v) is 5.35. The number of amides is 1. The molecule has 0 radical (unpaired) electrons. The summed E-state index contributed by atoms with van der Waals surface area (Å²) in [6.07, 6.45) is 0. The van der Waals surface area contributed by atoms with E-state index < -0.39 is 28.9 Å². The fraction of sp³-hybridized carbons (Fsp3) is 0.385. The van der Waals surface area contributed by atoms with Crippen LogP contribution in [0.1, 0.15) is 25.3 Å². The average molecular weight is 267 g/mol. The van der Waals surface area contributed by atoms with Crippen LogP contribution in [-0.4, -0.2) is 11.9 Å². The molecule has 4 N–H and O–H groups in total. The number of nitrogens with two attached hydrogens (primary N) is 2. The minimum atomic E-state index is -0.661. The van der Waals surface area contributed by atoms with Crippen molar-refractivity contribution in [1.29, 1.82) is 0 Å². The number of hydrogen-bond donors (Lipinski definition) is 2. The van der Waals surface area contributed by atoms with Gasteiger partial charge in [-0.3, -0.25) is 4.79 Å². The molecule has 0 bridgehead atoms. The van der Waals surface area contributed by atoms with Crippen molar-refractivity contribution in [3.63, 3.8) is 0 Å². The molecule has 1 amide bonds. The first-order chi connectivity index (χ1) is 8.73. The first kappa shape index (κ1) is 13.5. The minimum Gasteiger partial charge on any atom is -0.370 e. The molecule has 1 saturated carbocycles. The van der Waals surface area contributed by atoms with E-state index in [1.807, 2.05) is 13.8 Å². The lowest BCUT2D eigenvalue weighted by atomic mass is 10.0. The second-order valence-electron chi connectivity index (χ2n) is 5.35. The average Bonchev–Trinajstić information content (AvgIpc) is 2.79. The fourth-order valence-electron chi connectivity index (χ4n) is 2.67. The summed E-state index contributed by atoms with van der Waals surface area (Å²) >= 11 is 0. The molecule has 0 saturated heterocycles. The van der Waals surface area contributed by atoms with Crippen molar-refractivity contribution in [2.24, 2.45) is 27.8 Å². The second kappa shape index (κ2) is 4.29. The summed E-state index contributed by atoms with van der Waals surface area (Å²) in [4.78, 5) is 15.4.